The molecule has 1 fully saturated rings. The number of carbonyl (C=O) groups is 1. The van der Waals surface area contributed by atoms with Gasteiger partial charge in [-0.25, -0.2) is 0 Å². The Labute approximate surface area is 162 Å². The predicted molar refractivity (Wildman–Crippen MR) is 101 cm³/mol. The van der Waals surface area contributed by atoms with E-state index in [1.165, 1.54) is 0 Å². The first-order valence-corrected chi connectivity index (χ1v) is 9.32. The van der Waals surface area contributed by atoms with E-state index in [0.29, 0.717) is 53.3 Å². The number of fused-ring (bicyclic) bond motifs is 1. The summed E-state index contributed by atoms with van der Waals surface area (Å²) in [5.41, 5.74) is 1.03. The minimum atomic E-state index is -0.287. The predicted octanol–water partition coefficient (Wildman–Crippen LogP) is 3.92. The van der Waals surface area contributed by atoms with Crippen molar-refractivity contribution in [1.29, 1.82) is 0 Å². The van der Waals surface area contributed by atoms with Gasteiger partial charge in [-0.05, 0) is 37.1 Å². The average molecular weight is 390 g/mol. The second-order valence-electron chi connectivity index (χ2n) is 6.41. The van der Waals surface area contributed by atoms with Crippen LogP contribution in [0.25, 0.3) is 0 Å². The molecule has 2 aromatic carbocycles. The van der Waals surface area contributed by atoms with Crippen LogP contribution in [0.5, 0.6) is 17.2 Å². The lowest BCUT2D eigenvalue weighted by molar-refractivity contribution is 0.0680. The normalized spacial score (nSPS) is 18.2. The topological polar surface area (TPSA) is 66.0 Å². The molecule has 4 rings (SSSR count). The molecule has 1 N–H and O–H groups in total. The lowest BCUT2D eigenvalue weighted by Crippen LogP contribution is -2.18. The SMILES string of the molecule is O=C(Nc1cccc(OC[C@H]2CCCO2)c1)c1cc(Cl)c2c(c1)OCCO2. The van der Waals surface area contributed by atoms with Crippen LogP contribution in [-0.2, 0) is 4.74 Å². The van der Waals surface area contributed by atoms with Gasteiger partial charge in [-0.3, -0.25) is 4.79 Å². The van der Waals surface area contributed by atoms with Crippen molar-refractivity contribution in [3.05, 3.63) is 47.0 Å². The standard InChI is InChI=1S/C20H20ClNO5/c21-17-9-13(10-18-19(17)26-8-7-25-18)20(23)22-14-3-1-4-15(11-14)27-12-16-5-2-6-24-16/h1,3-4,9-11,16H,2,5-8,12H2,(H,22,23)/t16-/m1/s1. The minimum absolute atomic E-state index is 0.142. The van der Waals surface area contributed by atoms with E-state index in [0.717, 1.165) is 19.4 Å². The molecule has 0 aliphatic carbocycles. The summed E-state index contributed by atoms with van der Waals surface area (Å²) in [7, 11) is 0. The quantitative estimate of drug-likeness (QED) is 0.839. The molecule has 2 heterocycles. The van der Waals surface area contributed by atoms with Gasteiger partial charge in [-0.2, -0.15) is 0 Å². The van der Waals surface area contributed by atoms with Crippen molar-refractivity contribution >= 4 is 23.2 Å². The van der Waals surface area contributed by atoms with E-state index >= 15 is 0 Å². The molecule has 0 unspecified atom stereocenters. The number of ether oxygens (including phenoxy) is 4. The molecule has 142 valence electrons. The molecule has 2 aliphatic heterocycles. The van der Waals surface area contributed by atoms with E-state index < -0.39 is 0 Å². The van der Waals surface area contributed by atoms with Crippen LogP contribution in [0.15, 0.2) is 36.4 Å². The number of halogens is 1. The first-order chi connectivity index (χ1) is 13.2. The van der Waals surface area contributed by atoms with Gasteiger partial charge in [0.15, 0.2) is 11.5 Å². The average Bonchev–Trinajstić information content (AvgIpc) is 3.20. The van der Waals surface area contributed by atoms with Crippen molar-refractivity contribution in [2.45, 2.75) is 18.9 Å². The molecule has 0 saturated carbocycles. The van der Waals surface area contributed by atoms with E-state index in [2.05, 4.69) is 5.32 Å². The fourth-order valence-corrected chi connectivity index (χ4v) is 3.34. The van der Waals surface area contributed by atoms with Crippen molar-refractivity contribution in [2.24, 2.45) is 0 Å². The number of hydrogen-bond donors (Lipinski definition) is 1. The summed E-state index contributed by atoms with van der Waals surface area (Å²) in [6, 6.07) is 10.5. The second kappa shape index (κ2) is 8.06. The van der Waals surface area contributed by atoms with Crippen molar-refractivity contribution in [3.8, 4) is 17.2 Å². The highest BCUT2D eigenvalue weighted by Crippen LogP contribution is 2.38. The molecule has 2 aliphatic rings. The molecule has 0 radical (unpaired) electrons. The van der Waals surface area contributed by atoms with Crippen LogP contribution in [0, 0.1) is 0 Å². The summed E-state index contributed by atoms with van der Waals surface area (Å²) in [4.78, 5) is 12.6. The van der Waals surface area contributed by atoms with Gasteiger partial charge in [0, 0.05) is 23.9 Å². The van der Waals surface area contributed by atoms with Crippen molar-refractivity contribution in [3.63, 3.8) is 0 Å². The van der Waals surface area contributed by atoms with Crippen LogP contribution in [0.2, 0.25) is 5.02 Å². The Morgan fingerprint density at radius 2 is 2.07 bits per heavy atom. The smallest absolute Gasteiger partial charge is 0.255 e. The molecule has 6 nitrogen and oxygen atoms in total. The van der Waals surface area contributed by atoms with Gasteiger partial charge in [-0.1, -0.05) is 17.7 Å². The Kier molecular flexibility index (Phi) is 5.36. The van der Waals surface area contributed by atoms with Gasteiger partial charge < -0.3 is 24.3 Å². The fourth-order valence-electron chi connectivity index (χ4n) is 3.07. The maximum absolute atomic E-state index is 12.6. The largest absolute Gasteiger partial charge is 0.491 e. The van der Waals surface area contributed by atoms with Gasteiger partial charge in [0.05, 0.1) is 11.1 Å². The van der Waals surface area contributed by atoms with E-state index in [1.54, 1.807) is 24.3 Å². The number of anilines is 1. The molecular weight excluding hydrogens is 370 g/mol. The lowest BCUT2D eigenvalue weighted by atomic mass is 10.1. The molecule has 1 atom stereocenters. The molecule has 1 saturated heterocycles. The Hall–Kier alpha value is -2.44. The zero-order valence-corrected chi connectivity index (χ0v) is 15.5. The maximum atomic E-state index is 12.6. The van der Waals surface area contributed by atoms with Gasteiger partial charge in [-0.15, -0.1) is 0 Å². The van der Waals surface area contributed by atoms with E-state index in [4.69, 9.17) is 30.5 Å². The number of amides is 1. The minimum Gasteiger partial charge on any atom is -0.491 e. The lowest BCUT2D eigenvalue weighted by Gasteiger charge is -2.20. The molecule has 0 spiro atoms. The fraction of sp³-hybridized carbons (Fsp3) is 0.350. The summed E-state index contributed by atoms with van der Waals surface area (Å²) < 4.78 is 22.3. The summed E-state index contributed by atoms with van der Waals surface area (Å²) in [5.74, 6) is 1.35. The Bertz CT molecular complexity index is 835. The Morgan fingerprint density at radius 3 is 2.93 bits per heavy atom. The van der Waals surface area contributed by atoms with Crippen LogP contribution < -0.4 is 19.5 Å². The van der Waals surface area contributed by atoms with Crippen molar-refractivity contribution in [1.82, 2.24) is 0 Å². The van der Waals surface area contributed by atoms with Crippen LogP contribution in [0.4, 0.5) is 5.69 Å². The third-order valence-electron chi connectivity index (χ3n) is 4.41. The highest BCUT2D eigenvalue weighted by Gasteiger charge is 2.20. The molecule has 27 heavy (non-hydrogen) atoms. The Balaban J connectivity index is 1.43. The molecule has 0 bridgehead atoms. The van der Waals surface area contributed by atoms with E-state index in [-0.39, 0.29) is 12.0 Å². The van der Waals surface area contributed by atoms with Crippen LogP contribution in [0.3, 0.4) is 0 Å². The van der Waals surface area contributed by atoms with E-state index in [1.807, 2.05) is 12.1 Å². The van der Waals surface area contributed by atoms with Gasteiger partial charge >= 0.3 is 0 Å². The summed E-state index contributed by atoms with van der Waals surface area (Å²) in [6.45, 7) is 2.17. The van der Waals surface area contributed by atoms with E-state index in [9.17, 15) is 4.79 Å². The third-order valence-corrected chi connectivity index (χ3v) is 4.69. The monoisotopic (exact) mass is 389 g/mol. The molecule has 2 aromatic rings. The highest BCUT2D eigenvalue weighted by atomic mass is 35.5. The first kappa shape index (κ1) is 17.9. The molecular formula is C20H20ClNO5. The third kappa shape index (κ3) is 4.28. The molecule has 7 heteroatoms. The van der Waals surface area contributed by atoms with Crippen molar-refractivity contribution < 1.29 is 23.7 Å². The highest BCUT2D eigenvalue weighted by molar-refractivity contribution is 6.32. The number of nitrogens with one attached hydrogen (secondary N) is 1. The number of carbonyl (C=O) groups excluding carboxylic acids is 1. The van der Waals surface area contributed by atoms with Gasteiger partial charge in [0.2, 0.25) is 0 Å². The summed E-state index contributed by atoms with van der Waals surface area (Å²) in [6.07, 6.45) is 2.23. The van der Waals surface area contributed by atoms with Crippen molar-refractivity contribution in [2.75, 3.05) is 31.7 Å². The first-order valence-electron chi connectivity index (χ1n) is 8.94. The maximum Gasteiger partial charge on any atom is 0.255 e. The summed E-state index contributed by atoms with van der Waals surface area (Å²) >= 11 is 6.21. The molecule has 0 aromatic heterocycles. The van der Waals surface area contributed by atoms with Crippen LogP contribution in [0.1, 0.15) is 23.2 Å². The van der Waals surface area contributed by atoms with Crippen LogP contribution >= 0.6 is 11.6 Å². The molecule has 1 amide bonds. The van der Waals surface area contributed by atoms with Gasteiger partial charge in [0.25, 0.3) is 5.91 Å². The number of benzene rings is 2. The van der Waals surface area contributed by atoms with Crippen LogP contribution in [-0.4, -0.2) is 38.4 Å². The zero-order chi connectivity index (χ0) is 18.6. The second-order valence-corrected chi connectivity index (χ2v) is 6.82. The van der Waals surface area contributed by atoms with Gasteiger partial charge in [0.1, 0.15) is 25.6 Å². The zero-order valence-electron chi connectivity index (χ0n) is 14.7. The summed E-state index contributed by atoms with van der Waals surface area (Å²) in [5, 5.41) is 3.21. The number of rotatable bonds is 5. The Morgan fingerprint density at radius 1 is 1.19 bits per heavy atom. The number of hydrogen-bond acceptors (Lipinski definition) is 5.